The number of benzene rings is 1. The Kier molecular flexibility index (Phi) is 2.84. The van der Waals surface area contributed by atoms with E-state index in [0.717, 1.165) is 10.5 Å². The summed E-state index contributed by atoms with van der Waals surface area (Å²) in [7, 11) is 0. The molecule has 0 fully saturated rings. The molecule has 1 atom stereocenters. The first-order valence-corrected chi connectivity index (χ1v) is 6.29. The molecule has 0 radical (unpaired) electrons. The number of fused-ring (bicyclic) bond motifs is 1. The van der Waals surface area contributed by atoms with Gasteiger partial charge in [0.1, 0.15) is 5.69 Å². The fourth-order valence-electron chi connectivity index (χ4n) is 2.23. The normalized spacial score (nSPS) is 15.4. The number of hydrogen-bond acceptors (Lipinski definition) is 4. The predicted octanol–water partition coefficient (Wildman–Crippen LogP) is 1.90. The Labute approximate surface area is 116 Å². The van der Waals surface area contributed by atoms with E-state index in [1.54, 1.807) is 24.3 Å². The monoisotopic (exact) mass is 267 g/mol. The molecule has 2 aromatic rings. The van der Waals surface area contributed by atoms with Crippen molar-refractivity contribution in [3.63, 3.8) is 0 Å². The zero-order valence-electron chi connectivity index (χ0n) is 10.9. The van der Waals surface area contributed by atoms with Gasteiger partial charge in [-0.3, -0.25) is 14.6 Å². The number of anilines is 1. The second-order valence-corrected chi connectivity index (χ2v) is 4.73. The van der Waals surface area contributed by atoms with Crippen LogP contribution < -0.4 is 10.6 Å². The van der Waals surface area contributed by atoms with Crippen LogP contribution in [-0.4, -0.2) is 16.8 Å². The lowest BCUT2D eigenvalue weighted by atomic mass is 10.1. The number of nitrogens with zero attached hydrogens (tertiary/aromatic N) is 2. The molecule has 5 nitrogen and oxygen atoms in total. The van der Waals surface area contributed by atoms with Crippen LogP contribution in [0.25, 0.3) is 0 Å². The number of aromatic nitrogens is 1. The maximum absolute atomic E-state index is 12.3. The van der Waals surface area contributed by atoms with Crippen LogP contribution in [0.15, 0.2) is 42.6 Å². The van der Waals surface area contributed by atoms with Gasteiger partial charge in [0.2, 0.25) is 0 Å². The van der Waals surface area contributed by atoms with Gasteiger partial charge in [0, 0.05) is 12.2 Å². The molecule has 2 heterocycles. The number of pyridine rings is 1. The molecule has 2 N–H and O–H groups in total. The summed E-state index contributed by atoms with van der Waals surface area (Å²) in [5.41, 5.74) is 7.80. The van der Waals surface area contributed by atoms with Gasteiger partial charge >= 0.3 is 0 Å². The third-order valence-corrected chi connectivity index (χ3v) is 3.32. The molecule has 0 spiro atoms. The molecule has 1 unspecified atom stereocenters. The summed E-state index contributed by atoms with van der Waals surface area (Å²) < 4.78 is 0. The zero-order valence-corrected chi connectivity index (χ0v) is 10.9. The molecule has 2 amide bonds. The van der Waals surface area contributed by atoms with Crippen LogP contribution in [0.1, 0.15) is 39.4 Å². The Morgan fingerprint density at radius 2 is 1.80 bits per heavy atom. The maximum atomic E-state index is 12.3. The van der Waals surface area contributed by atoms with Gasteiger partial charge in [-0.25, -0.2) is 4.90 Å². The minimum atomic E-state index is -0.390. The number of carbonyl (C=O) groups is 2. The highest BCUT2D eigenvalue weighted by atomic mass is 16.2. The summed E-state index contributed by atoms with van der Waals surface area (Å²) in [6.07, 6.45) is 1.51. The van der Waals surface area contributed by atoms with Crippen LogP contribution >= 0.6 is 0 Å². The highest BCUT2D eigenvalue weighted by Gasteiger charge is 2.37. The number of imide groups is 1. The minimum Gasteiger partial charge on any atom is -0.324 e. The van der Waals surface area contributed by atoms with Crippen molar-refractivity contribution in [2.75, 3.05) is 4.90 Å². The Hall–Kier alpha value is -2.53. The van der Waals surface area contributed by atoms with E-state index in [4.69, 9.17) is 5.73 Å². The molecule has 3 rings (SSSR count). The first kappa shape index (κ1) is 12.5. The first-order valence-electron chi connectivity index (χ1n) is 6.29. The summed E-state index contributed by atoms with van der Waals surface area (Å²) in [5, 5.41) is 0. The Balaban J connectivity index is 2.00. The molecule has 1 aromatic heterocycles. The zero-order chi connectivity index (χ0) is 14.3. The number of rotatable bonds is 2. The molecule has 0 saturated heterocycles. The molecular formula is C15H13N3O2. The van der Waals surface area contributed by atoms with E-state index in [-0.39, 0.29) is 23.6 Å². The van der Waals surface area contributed by atoms with Gasteiger partial charge in [-0.05, 0) is 36.8 Å². The van der Waals surface area contributed by atoms with Crippen molar-refractivity contribution in [1.82, 2.24) is 4.98 Å². The van der Waals surface area contributed by atoms with Crippen molar-refractivity contribution >= 4 is 17.5 Å². The van der Waals surface area contributed by atoms with E-state index in [9.17, 15) is 9.59 Å². The second-order valence-electron chi connectivity index (χ2n) is 4.73. The van der Waals surface area contributed by atoms with Crippen LogP contribution in [0.2, 0.25) is 0 Å². The number of carbonyl (C=O) groups excluding carboxylic acids is 2. The first-order chi connectivity index (χ1) is 9.59. The number of hydrogen-bond donors (Lipinski definition) is 1. The fourth-order valence-corrected chi connectivity index (χ4v) is 2.23. The highest BCUT2D eigenvalue weighted by molar-refractivity contribution is 6.33. The van der Waals surface area contributed by atoms with Gasteiger partial charge in [-0.15, -0.1) is 0 Å². The third-order valence-electron chi connectivity index (χ3n) is 3.32. The van der Waals surface area contributed by atoms with Crippen molar-refractivity contribution in [1.29, 1.82) is 0 Å². The summed E-state index contributed by atoms with van der Waals surface area (Å²) in [6, 6.07) is 10.2. The largest absolute Gasteiger partial charge is 0.324 e. The molecule has 0 aliphatic carbocycles. The summed E-state index contributed by atoms with van der Waals surface area (Å²) in [6.45, 7) is 1.88. The Morgan fingerprint density at radius 1 is 1.10 bits per heavy atom. The number of amides is 2. The van der Waals surface area contributed by atoms with E-state index in [1.165, 1.54) is 6.20 Å². The summed E-state index contributed by atoms with van der Waals surface area (Å²) in [4.78, 5) is 29.6. The van der Waals surface area contributed by atoms with Crippen molar-refractivity contribution in [2.45, 2.75) is 13.0 Å². The van der Waals surface area contributed by atoms with E-state index in [2.05, 4.69) is 4.98 Å². The van der Waals surface area contributed by atoms with Crippen LogP contribution in [0.5, 0.6) is 0 Å². The smallest absolute Gasteiger partial charge is 0.284 e. The Bertz CT molecular complexity index is 658. The van der Waals surface area contributed by atoms with Crippen LogP contribution in [0.3, 0.4) is 0 Å². The molecule has 20 heavy (non-hydrogen) atoms. The molecule has 1 aliphatic rings. The van der Waals surface area contributed by atoms with Crippen molar-refractivity contribution in [2.24, 2.45) is 5.73 Å². The average molecular weight is 267 g/mol. The molecular weight excluding hydrogens is 254 g/mol. The topological polar surface area (TPSA) is 76.3 Å². The lowest BCUT2D eigenvalue weighted by molar-refractivity contribution is 0.0924. The quantitative estimate of drug-likeness (QED) is 0.843. The number of nitrogens with two attached hydrogens (primary N) is 1. The van der Waals surface area contributed by atoms with Crippen molar-refractivity contribution in [3.8, 4) is 0 Å². The Morgan fingerprint density at radius 3 is 2.40 bits per heavy atom. The van der Waals surface area contributed by atoms with Gasteiger partial charge in [-0.2, -0.15) is 0 Å². The van der Waals surface area contributed by atoms with Crippen molar-refractivity contribution in [3.05, 3.63) is 59.4 Å². The van der Waals surface area contributed by atoms with Gasteiger partial charge in [0.15, 0.2) is 0 Å². The standard InChI is InChI=1S/C15H13N3O2/c1-9(16)10-4-6-11(7-5-10)18-14(19)12-3-2-8-17-13(12)15(18)20/h2-9H,16H2,1H3. The lowest BCUT2D eigenvalue weighted by Crippen LogP contribution is -2.29. The van der Waals surface area contributed by atoms with Gasteiger partial charge in [0.05, 0.1) is 11.3 Å². The molecule has 1 aliphatic heterocycles. The van der Waals surface area contributed by atoms with E-state index in [0.29, 0.717) is 11.3 Å². The third kappa shape index (κ3) is 1.80. The van der Waals surface area contributed by atoms with Crippen molar-refractivity contribution < 1.29 is 9.59 Å². The van der Waals surface area contributed by atoms with Crippen LogP contribution in [-0.2, 0) is 0 Å². The SMILES string of the molecule is CC(N)c1ccc(N2C(=O)c3cccnc3C2=O)cc1. The van der Waals surface area contributed by atoms with Crippen LogP contribution in [0, 0.1) is 0 Å². The van der Waals surface area contributed by atoms with E-state index >= 15 is 0 Å². The summed E-state index contributed by atoms with van der Waals surface area (Å²) in [5.74, 6) is -0.731. The minimum absolute atomic E-state index is 0.0899. The van der Waals surface area contributed by atoms with Gasteiger partial charge < -0.3 is 5.73 Å². The molecule has 5 heteroatoms. The lowest BCUT2D eigenvalue weighted by Gasteiger charge is -2.14. The van der Waals surface area contributed by atoms with E-state index < -0.39 is 0 Å². The predicted molar refractivity (Wildman–Crippen MR) is 74.4 cm³/mol. The van der Waals surface area contributed by atoms with E-state index in [1.807, 2.05) is 19.1 Å². The average Bonchev–Trinajstić information content (AvgIpc) is 2.72. The second kappa shape index (κ2) is 4.54. The van der Waals surface area contributed by atoms with Gasteiger partial charge in [0.25, 0.3) is 11.8 Å². The highest BCUT2D eigenvalue weighted by Crippen LogP contribution is 2.27. The summed E-state index contributed by atoms with van der Waals surface area (Å²) >= 11 is 0. The molecule has 0 saturated carbocycles. The van der Waals surface area contributed by atoms with Gasteiger partial charge in [-0.1, -0.05) is 12.1 Å². The fraction of sp³-hybridized carbons (Fsp3) is 0.133. The molecule has 100 valence electrons. The molecule has 0 bridgehead atoms. The maximum Gasteiger partial charge on any atom is 0.284 e. The van der Waals surface area contributed by atoms with Crippen LogP contribution in [0.4, 0.5) is 5.69 Å². The molecule has 1 aromatic carbocycles.